The molecule has 44 heavy (non-hydrogen) atoms. The van der Waals surface area contributed by atoms with Crippen LogP contribution in [0.25, 0.3) is 0 Å². The van der Waals surface area contributed by atoms with Gasteiger partial charge < -0.3 is 10.2 Å². The number of nitrogens with zero attached hydrogens (tertiary/aromatic N) is 2. The topological polar surface area (TPSA) is 86.8 Å². The Bertz CT molecular complexity index is 1680. The first-order valence-corrected chi connectivity index (χ1v) is 16.0. The molecular weight excluding hydrogens is 601 g/mol. The molecule has 10 heteroatoms. The van der Waals surface area contributed by atoms with Gasteiger partial charge in [-0.1, -0.05) is 83.9 Å². The van der Waals surface area contributed by atoms with Gasteiger partial charge in [-0.2, -0.15) is 0 Å². The number of hydrogen-bond acceptors (Lipinski definition) is 4. The molecule has 0 heterocycles. The van der Waals surface area contributed by atoms with E-state index in [1.165, 1.54) is 35.2 Å². The van der Waals surface area contributed by atoms with E-state index in [0.717, 1.165) is 21.5 Å². The molecule has 0 aliphatic heterocycles. The fourth-order valence-corrected chi connectivity index (χ4v) is 6.27. The van der Waals surface area contributed by atoms with Gasteiger partial charge in [-0.15, -0.1) is 0 Å². The Balaban J connectivity index is 1.81. The second kappa shape index (κ2) is 14.5. The van der Waals surface area contributed by atoms with E-state index < -0.39 is 40.2 Å². The number of nitrogens with one attached hydrogen (secondary N) is 1. The van der Waals surface area contributed by atoms with E-state index in [9.17, 15) is 18.0 Å². The number of carbonyl (C=O) groups excluding carboxylic acids is 2. The zero-order valence-corrected chi connectivity index (χ0v) is 26.4. The summed E-state index contributed by atoms with van der Waals surface area (Å²) in [5.41, 5.74) is 2.05. The predicted molar refractivity (Wildman–Crippen MR) is 171 cm³/mol. The Morgan fingerprint density at radius 2 is 1.45 bits per heavy atom. The van der Waals surface area contributed by atoms with Gasteiger partial charge in [0.05, 0.1) is 10.6 Å². The molecular formula is C34H35ClFN3O4S. The van der Waals surface area contributed by atoms with Crippen molar-refractivity contribution >= 4 is 39.1 Å². The van der Waals surface area contributed by atoms with Crippen molar-refractivity contribution in [1.82, 2.24) is 10.2 Å². The van der Waals surface area contributed by atoms with Gasteiger partial charge in [0.2, 0.25) is 11.8 Å². The fraction of sp³-hybridized carbons (Fsp3) is 0.235. The minimum atomic E-state index is -4.40. The number of sulfonamides is 1. The van der Waals surface area contributed by atoms with Crippen LogP contribution < -0.4 is 9.62 Å². The SMILES string of the molecule is Cc1ccc(S(=O)(=O)N(CC(=O)N(Cc2ccc(Cl)cc2)[C@H](Cc2ccccc2)C(=O)NC(C)C)c2ccccc2F)cc1. The third-order valence-electron chi connectivity index (χ3n) is 6.98. The number of rotatable bonds is 12. The average molecular weight is 636 g/mol. The molecule has 1 atom stereocenters. The molecule has 0 aliphatic rings. The van der Waals surface area contributed by atoms with Crippen molar-refractivity contribution in [2.45, 2.75) is 50.7 Å². The van der Waals surface area contributed by atoms with E-state index in [1.54, 1.807) is 36.4 Å². The van der Waals surface area contributed by atoms with Gasteiger partial charge in [-0.25, -0.2) is 12.8 Å². The Hall–Kier alpha value is -4.21. The van der Waals surface area contributed by atoms with Crippen LogP contribution in [0.1, 0.15) is 30.5 Å². The molecule has 0 radical (unpaired) electrons. The number of amides is 2. The van der Waals surface area contributed by atoms with Crippen LogP contribution >= 0.6 is 11.6 Å². The third kappa shape index (κ3) is 8.24. The summed E-state index contributed by atoms with van der Waals surface area (Å²) in [6.07, 6.45) is 0.170. The monoisotopic (exact) mass is 635 g/mol. The third-order valence-corrected chi connectivity index (χ3v) is 9.00. The van der Waals surface area contributed by atoms with Crippen LogP contribution in [0.2, 0.25) is 5.02 Å². The lowest BCUT2D eigenvalue weighted by molar-refractivity contribution is -0.140. The Kier molecular flexibility index (Phi) is 10.8. The average Bonchev–Trinajstić information content (AvgIpc) is 2.99. The highest BCUT2D eigenvalue weighted by Crippen LogP contribution is 2.27. The molecule has 4 aromatic rings. The summed E-state index contributed by atoms with van der Waals surface area (Å²) in [5.74, 6) is -1.89. The molecule has 0 aromatic heterocycles. The summed E-state index contributed by atoms with van der Waals surface area (Å²) in [6, 6.07) is 26.3. The fourth-order valence-electron chi connectivity index (χ4n) is 4.73. The first-order chi connectivity index (χ1) is 21.0. The van der Waals surface area contributed by atoms with Crippen molar-refractivity contribution in [1.29, 1.82) is 0 Å². The Labute approximate surface area is 263 Å². The predicted octanol–water partition coefficient (Wildman–Crippen LogP) is 6.15. The molecule has 0 saturated carbocycles. The molecule has 0 spiro atoms. The maximum absolute atomic E-state index is 15.2. The lowest BCUT2D eigenvalue weighted by Gasteiger charge is -2.34. The minimum Gasteiger partial charge on any atom is -0.352 e. The summed E-state index contributed by atoms with van der Waals surface area (Å²) < 4.78 is 43.9. The van der Waals surface area contributed by atoms with E-state index in [4.69, 9.17) is 11.6 Å². The molecule has 1 N–H and O–H groups in total. The summed E-state index contributed by atoms with van der Waals surface area (Å²) in [4.78, 5) is 29.3. The highest BCUT2D eigenvalue weighted by molar-refractivity contribution is 7.92. The van der Waals surface area contributed by atoms with Gasteiger partial charge in [0, 0.05) is 24.0 Å². The summed E-state index contributed by atoms with van der Waals surface area (Å²) >= 11 is 6.10. The molecule has 4 aromatic carbocycles. The highest BCUT2D eigenvalue weighted by atomic mass is 35.5. The molecule has 4 rings (SSSR count). The van der Waals surface area contributed by atoms with Crippen molar-refractivity contribution in [2.75, 3.05) is 10.8 Å². The summed E-state index contributed by atoms with van der Waals surface area (Å²) in [5, 5.41) is 3.40. The van der Waals surface area contributed by atoms with Gasteiger partial charge in [0.1, 0.15) is 18.4 Å². The lowest BCUT2D eigenvalue weighted by atomic mass is 10.0. The quantitative estimate of drug-likeness (QED) is 0.202. The maximum atomic E-state index is 15.2. The molecule has 2 amide bonds. The number of aryl methyl sites for hydroxylation is 1. The van der Waals surface area contributed by atoms with E-state index >= 15 is 4.39 Å². The van der Waals surface area contributed by atoms with Gasteiger partial charge in [-0.05, 0) is 68.3 Å². The van der Waals surface area contributed by atoms with Crippen LogP contribution in [0.5, 0.6) is 0 Å². The van der Waals surface area contributed by atoms with Gasteiger partial charge in [0.15, 0.2) is 0 Å². The second-order valence-electron chi connectivity index (χ2n) is 10.8. The Morgan fingerprint density at radius 1 is 0.841 bits per heavy atom. The minimum absolute atomic E-state index is 0.0191. The van der Waals surface area contributed by atoms with Crippen molar-refractivity contribution in [3.8, 4) is 0 Å². The maximum Gasteiger partial charge on any atom is 0.264 e. The standard InChI is InChI=1S/C34H35ClFN3O4S/c1-24(2)37-34(41)32(21-26-9-5-4-6-10-26)38(22-27-15-17-28(35)18-16-27)33(40)23-39(31-12-8-7-11-30(31)36)44(42,43)29-19-13-25(3)14-20-29/h4-20,24,32H,21-23H2,1-3H3,(H,37,41)/t32-/m1/s1. The highest BCUT2D eigenvalue weighted by Gasteiger charge is 2.35. The van der Waals surface area contributed by atoms with Crippen molar-refractivity contribution in [2.24, 2.45) is 0 Å². The number of halogens is 2. The molecule has 7 nitrogen and oxygen atoms in total. The van der Waals surface area contributed by atoms with E-state index in [0.29, 0.717) is 10.6 Å². The van der Waals surface area contributed by atoms with Crippen LogP contribution in [-0.2, 0) is 32.6 Å². The first kappa shape index (κ1) is 32.7. The normalized spacial score (nSPS) is 12.0. The van der Waals surface area contributed by atoms with Crippen molar-refractivity contribution in [3.05, 3.63) is 131 Å². The summed E-state index contributed by atoms with van der Waals surface area (Å²) in [6.45, 7) is 4.69. The molecule has 230 valence electrons. The van der Waals surface area contributed by atoms with Gasteiger partial charge in [-0.3, -0.25) is 13.9 Å². The molecule has 0 fully saturated rings. The van der Waals surface area contributed by atoms with Crippen LogP contribution in [0.3, 0.4) is 0 Å². The van der Waals surface area contributed by atoms with E-state index in [2.05, 4.69) is 5.32 Å². The smallest absolute Gasteiger partial charge is 0.264 e. The van der Waals surface area contributed by atoms with E-state index in [-0.39, 0.29) is 29.6 Å². The zero-order valence-electron chi connectivity index (χ0n) is 24.8. The van der Waals surface area contributed by atoms with Crippen LogP contribution in [0, 0.1) is 12.7 Å². The van der Waals surface area contributed by atoms with E-state index in [1.807, 2.05) is 51.1 Å². The van der Waals surface area contributed by atoms with Crippen LogP contribution in [0.4, 0.5) is 10.1 Å². The largest absolute Gasteiger partial charge is 0.352 e. The number of para-hydroxylation sites is 1. The lowest BCUT2D eigenvalue weighted by Crippen LogP contribution is -2.54. The zero-order chi connectivity index (χ0) is 31.9. The summed E-state index contributed by atoms with van der Waals surface area (Å²) in [7, 11) is -4.40. The number of anilines is 1. The number of carbonyl (C=O) groups is 2. The molecule has 0 saturated heterocycles. The number of benzene rings is 4. The van der Waals surface area contributed by atoms with Crippen LogP contribution in [-0.4, -0.2) is 43.8 Å². The molecule has 0 aliphatic carbocycles. The van der Waals surface area contributed by atoms with Crippen molar-refractivity contribution in [3.63, 3.8) is 0 Å². The molecule has 0 unspecified atom stereocenters. The van der Waals surface area contributed by atoms with Gasteiger partial charge in [0.25, 0.3) is 10.0 Å². The van der Waals surface area contributed by atoms with Gasteiger partial charge >= 0.3 is 0 Å². The van der Waals surface area contributed by atoms with Crippen molar-refractivity contribution < 1.29 is 22.4 Å². The Morgan fingerprint density at radius 3 is 2.07 bits per heavy atom. The molecule has 0 bridgehead atoms. The number of hydrogen-bond donors (Lipinski definition) is 1. The van der Waals surface area contributed by atoms with Crippen LogP contribution in [0.15, 0.2) is 108 Å². The second-order valence-corrected chi connectivity index (χ2v) is 13.1. The first-order valence-electron chi connectivity index (χ1n) is 14.2.